The Balaban J connectivity index is 0.790. The van der Waals surface area contributed by atoms with Crippen molar-refractivity contribution in [2.24, 2.45) is 11.8 Å². The van der Waals surface area contributed by atoms with Crippen molar-refractivity contribution in [1.82, 2.24) is 25.3 Å². The summed E-state index contributed by atoms with van der Waals surface area (Å²) in [6, 6.07) is 12.2. The fraction of sp³-hybridized carbons (Fsp3) is 0.391. The van der Waals surface area contributed by atoms with Crippen molar-refractivity contribution in [3.63, 3.8) is 0 Å². The molecule has 70 heavy (non-hydrogen) atoms. The van der Waals surface area contributed by atoms with Crippen molar-refractivity contribution in [1.29, 1.82) is 0 Å². The number of hydrazine groups is 1. The SMILES string of the molecule is CO[P+](O)(OCCSC1CC(=O)N(CC2CCC(C(=O)NNC(=O)c3ccc(C(=O)O)c(-c4c5ccc(=O)cc-5oc5cc(O)ccc45)c3)CC2)C1=O)OCC1OC(n2cc(C)c(=O)[nH]c2=O)CC1O. The number of fused-ring (bicyclic) bond motifs is 2. The molecule has 4 amide bonds. The number of carboxylic acids is 1. The monoisotopic (exact) mass is 1010 g/mol. The van der Waals surface area contributed by atoms with Crippen LogP contribution in [-0.2, 0) is 32.7 Å². The fourth-order valence-electron chi connectivity index (χ4n) is 8.85. The van der Waals surface area contributed by atoms with Crippen LogP contribution in [-0.4, -0.2) is 114 Å². The molecule has 3 aliphatic heterocycles. The molecule has 1 aromatic heterocycles. The molecule has 5 unspecified atom stereocenters. The number of aryl methyl sites for hydroxylation is 1. The molecule has 22 nitrogen and oxygen atoms in total. The summed E-state index contributed by atoms with van der Waals surface area (Å²) in [4.78, 5) is 116. The third-order valence-electron chi connectivity index (χ3n) is 12.6. The normalized spacial score (nSPS) is 22.4. The first-order valence-corrected chi connectivity index (χ1v) is 24.7. The lowest BCUT2D eigenvalue weighted by Gasteiger charge is -2.30. The van der Waals surface area contributed by atoms with Gasteiger partial charge in [-0.15, -0.1) is 11.8 Å². The van der Waals surface area contributed by atoms with E-state index in [4.69, 9.17) is 22.7 Å². The second kappa shape index (κ2) is 21.0. The minimum Gasteiger partial charge on any atom is -0.508 e. The van der Waals surface area contributed by atoms with Crippen molar-refractivity contribution in [2.45, 2.75) is 69.1 Å². The Morgan fingerprint density at radius 3 is 2.47 bits per heavy atom. The Hall–Kier alpha value is -6.30. The van der Waals surface area contributed by atoms with Crippen LogP contribution in [0, 0.1) is 18.8 Å². The van der Waals surface area contributed by atoms with Crippen LogP contribution < -0.4 is 27.5 Å². The number of nitrogens with one attached hydrogen (secondary N) is 3. The molecule has 0 radical (unpaired) electrons. The van der Waals surface area contributed by atoms with Gasteiger partial charge in [-0.05, 0) is 86.6 Å². The first-order valence-electron chi connectivity index (χ1n) is 22.2. The summed E-state index contributed by atoms with van der Waals surface area (Å²) < 4.78 is 28.9. The minimum atomic E-state index is -3.91. The number of H-pyrrole nitrogens is 1. The summed E-state index contributed by atoms with van der Waals surface area (Å²) in [6.45, 7) is 1.23. The summed E-state index contributed by atoms with van der Waals surface area (Å²) in [5.74, 6) is -3.50. The van der Waals surface area contributed by atoms with Crippen molar-refractivity contribution in [2.75, 3.05) is 32.6 Å². The number of rotatable bonds is 16. The van der Waals surface area contributed by atoms with E-state index >= 15 is 0 Å². The molecular weight excluding hydrogens is 958 g/mol. The molecule has 3 aromatic rings. The number of carbonyl (C=O) groups is 5. The van der Waals surface area contributed by atoms with E-state index in [9.17, 15) is 58.6 Å². The van der Waals surface area contributed by atoms with Gasteiger partial charge in [-0.3, -0.25) is 54.1 Å². The van der Waals surface area contributed by atoms with Gasteiger partial charge in [0.25, 0.3) is 11.5 Å². The zero-order valence-corrected chi connectivity index (χ0v) is 39.4. The number of likely N-dealkylation sites (tertiary alicyclic amines) is 1. The number of ether oxygens (including phenoxy) is 1. The first-order chi connectivity index (χ1) is 33.4. The number of aromatic hydroxyl groups is 1. The number of aliphatic hydroxyl groups excluding tert-OH is 1. The number of aromatic nitrogens is 2. The van der Waals surface area contributed by atoms with E-state index in [2.05, 4.69) is 15.8 Å². The van der Waals surface area contributed by atoms with Gasteiger partial charge in [0.1, 0.15) is 42.6 Å². The molecule has 0 bridgehead atoms. The van der Waals surface area contributed by atoms with Crippen molar-refractivity contribution < 1.29 is 66.9 Å². The number of phenols is 1. The van der Waals surface area contributed by atoms with Crippen LogP contribution in [0.4, 0.5) is 0 Å². The van der Waals surface area contributed by atoms with Gasteiger partial charge in [0.15, 0.2) is 5.43 Å². The molecule has 5 aliphatic rings. The third-order valence-corrected chi connectivity index (χ3v) is 15.2. The molecule has 0 spiro atoms. The fourth-order valence-corrected chi connectivity index (χ4v) is 10.9. The number of thioether (sulfide) groups is 1. The average molecular weight is 1010 g/mol. The average Bonchev–Trinajstić information content (AvgIpc) is 3.84. The van der Waals surface area contributed by atoms with Gasteiger partial charge in [0.2, 0.25) is 17.7 Å². The quantitative estimate of drug-likeness (QED) is 0.0245. The second-order valence-corrected chi connectivity index (χ2v) is 20.3. The molecule has 8 rings (SSSR count). The maximum atomic E-state index is 13.4. The summed E-state index contributed by atoms with van der Waals surface area (Å²) in [6.07, 6.45) is 0.261. The number of carbonyl (C=O) groups excluding carboxylic acids is 4. The van der Waals surface area contributed by atoms with Crippen LogP contribution in [0.1, 0.15) is 71.0 Å². The first kappa shape index (κ1) is 50.1. The maximum absolute atomic E-state index is 13.4. The lowest BCUT2D eigenvalue weighted by Crippen LogP contribution is -2.45. The molecule has 370 valence electrons. The standard InChI is InChI=1S/C46H48N5O17PS/c1-23-20-51(46(62)47-41(23)56)39-18-33(54)36(68-39)22-66-69(63,64-2)65-13-14-70-37-19-38(55)50(44(37)59)21-24-3-5-25(6-4-24)42(57)48-49-43(58)26-7-10-29(45(60)61)32(15-26)40-30-11-8-27(52)16-34(30)67-35-17-28(53)9-12-31(35)40/h7-12,15-17,20,24-25,33,36-37,39,54,63H,3-6,13-14,18-19,21-22H2,1-2H3,(H4-,47,48,49,52,53,56,57,58,60,61,62)/p+1. The Kier molecular flexibility index (Phi) is 15.0. The van der Waals surface area contributed by atoms with Gasteiger partial charge < -0.3 is 24.5 Å². The molecule has 2 aliphatic carbocycles. The van der Waals surface area contributed by atoms with Gasteiger partial charge in [-0.2, -0.15) is 18.5 Å². The Morgan fingerprint density at radius 1 is 0.957 bits per heavy atom. The number of aliphatic hydroxyl groups is 1. The number of amides is 4. The van der Waals surface area contributed by atoms with E-state index in [1.165, 1.54) is 91.5 Å². The number of hydrogen-bond acceptors (Lipinski definition) is 17. The molecule has 4 heterocycles. The molecule has 7 N–H and O–H groups in total. The van der Waals surface area contributed by atoms with Crippen molar-refractivity contribution in [3.05, 3.63) is 109 Å². The van der Waals surface area contributed by atoms with Gasteiger partial charge in [0, 0.05) is 77.0 Å². The van der Waals surface area contributed by atoms with Crippen molar-refractivity contribution in [3.8, 4) is 28.2 Å². The number of imide groups is 1. The lowest BCUT2D eigenvalue weighted by molar-refractivity contribution is -0.139. The van der Waals surface area contributed by atoms with Crippen LogP contribution in [0.15, 0.2) is 79.6 Å². The van der Waals surface area contributed by atoms with Crippen molar-refractivity contribution >= 4 is 60.5 Å². The van der Waals surface area contributed by atoms with Gasteiger partial charge >= 0.3 is 19.8 Å². The molecule has 5 atom stereocenters. The summed E-state index contributed by atoms with van der Waals surface area (Å²) in [5.41, 5.74) is 4.45. The summed E-state index contributed by atoms with van der Waals surface area (Å²) in [5, 5.41) is 30.6. The van der Waals surface area contributed by atoms with Gasteiger partial charge in [-0.25, -0.2) is 9.59 Å². The van der Waals surface area contributed by atoms with E-state index in [-0.39, 0.29) is 101 Å². The number of nitrogens with zero attached hydrogens (tertiary/aromatic N) is 2. The van der Waals surface area contributed by atoms with E-state index in [0.717, 1.165) is 4.57 Å². The summed E-state index contributed by atoms with van der Waals surface area (Å²) in [7, 11) is -2.73. The third kappa shape index (κ3) is 10.9. The number of benzene rings is 3. The Labute approximate surface area is 401 Å². The number of aromatic amines is 1. The number of phenolic OH excluding ortho intramolecular Hbond substituents is 1. The highest BCUT2D eigenvalue weighted by Gasteiger charge is 2.47. The maximum Gasteiger partial charge on any atom is 0.572 e. The molecule has 2 saturated heterocycles. The zero-order valence-electron chi connectivity index (χ0n) is 37.7. The van der Waals surface area contributed by atoms with Crippen LogP contribution in [0.2, 0.25) is 0 Å². The number of aromatic carboxylic acids is 1. The number of hydrogen-bond donors (Lipinski definition) is 7. The van der Waals surface area contributed by atoms with E-state index in [1.54, 1.807) is 0 Å². The van der Waals surface area contributed by atoms with Crippen LogP contribution in [0.25, 0.3) is 33.4 Å². The number of carboxylic acid groups (broad SMARTS) is 1. The lowest BCUT2D eigenvalue weighted by atomic mass is 9.81. The summed E-state index contributed by atoms with van der Waals surface area (Å²) >= 11 is 1.17. The largest absolute Gasteiger partial charge is 0.572 e. The zero-order chi connectivity index (χ0) is 50.0. The van der Waals surface area contributed by atoms with Gasteiger partial charge in [0.05, 0.1) is 24.0 Å². The highest BCUT2D eigenvalue weighted by Crippen LogP contribution is 2.58. The molecule has 24 heteroatoms. The van der Waals surface area contributed by atoms with Crippen LogP contribution in [0.3, 0.4) is 0 Å². The van der Waals surface area contributed by atoms with Crippen LogP contribution in [0.5, 0.6) is 5.75 Å². The predicted octanol–water partition coefficient (Wildman–Crippen LogP) is 3.25. The highest BCUT2D eigenvalue weighted by molar-refractivity contribution is 8.00. The van der Waals surface area contributed by atoms with Crippen LogP contribution >= 0.6 is 19.9 Å². The van der Waals surface area contributed by atoms with E-state index < -0.39 is 66.8 Å². The Bertz CT molecular complexity index is 3010. The highest BCUT2D eigenvalue weighted by atomic mass is 32.2. The molecular formula is C46H49N5O17PS+. The molecule has 2 aromatic carbocycles. The predicted molar refractivity (Wildman–Crippen MR) is 250 cm³/mol. The van der Waals surface area contributed by atoms with E-state index in [1.807, 2.05) is 0 Å². The topological polar surface area (TPSA) is 316 Å². The second-order valence-electron chi connectivity index (χ2n) is 17.1. The Morgan fingerprint density at radius 2 is 1.73 bits per heavy atom. The van der Waals surface area contributed by atoms with Gasteiger partial charge in [-0.1, -0.05) is 0 Å². The molecule has 3 fully saturated rings. The minimum absolute atomic E-state index is 0.0126. The van der Waals surface area contributed by atoms with E-state index in [0.29, 0.717) is 42.2 Å². The smallest absolute Gasteiger partial charge is 0.508 e. The molecule has 1 saturated carbocycles.